The highest BCUT2D eigenvalue weighted by molar-refractivity contribution is 7.09. The van der Waals surface area contributed by atoms with Crippen LogP contribution < -0.4 is 0 Å². The minimum Gasteiger partial charge on any atom is -0.376 e. The van der Waals surface area contributed by atoms with Gasteiger partial charge in [-0.1, -0.05) is 0 Å². The van der Waals surface area contributed by atoms with Gasteiger partial charge in [0.05, 0.1) is 23.4 Å². The lowest BCUT2D eigenvalue weighted by Gasteiger charge is -2.34. The highest BCUT2D eigenvalue weighted by atomic mass is 32.1. The van der Waals surface area contributed by atoms with E-state index < -0.39 is 0 Å². The largest absolute Gasteiger partial charge is 0.376 e. The molecule has 2 aliphatic heterocycles. The van der Waals surface area contributed by atoms with E-state index in [1.165, 1.54) is 6.42 Å². The summed E-state index contributed by atoms with van der Waals surface area (Å²) < 4.78 is 11.2. The quantitative estimate of drug-likeness (QED) is 0.779. The number of nitrogens with zero attached hydrogens (tertiary/aromatic N) is 3. The maximum Gasteiger partial charge on any atom is 0.248 e. The van der Waals surface area contributed by atoms with E-state index in [0.717, 1.165) is 62.9 Å². The van der Waals surface area contributed by atoms with E-state index >= 15 is 0 Å². The minimum absolute atomic E-state index is 0.0926. The first-order valence-electron chi connectivity index (χ1n) is 8.81. The van der Waals surface area contributed by atoms with Gasteiger partial charge in [-0.2, -0.15) is 0 Å². The maximum absolute atomic E-state index is 12.2. The first-order chi connectivity index (χ1) is 11.7. The van der Waals surface area contributed by atoms with Gasteiger partial charge in [-0.25, -0.2) is 4.98 Å². The van der Waals surface area contributed by atoms with Crippen LogP contribution in [0.1, 0.15) is 30.0 Å². The highest BCUT2D eigenvalue weighted by Gasteiger charge is 2.22. The molecule has 7 heteroatoms. The van der Waals surface area contributed by atoms with E-state index in [1.807, 2.05) is 11.8 Å². The molecule has 3 rings (SSSR count). The molecule has 1 amide bonds. The van der Waals surface area contributed by atoms with Crippen molar-refractivity contribution in [2.75, 3.05) is 46.0 Å². The summed E-state index contributed by atoms with van der Waals surface area (Å²) in [6.45, 7) is 7.77. The van der Waals surface area contributed by atoms with Crippen molar-refractivity contribution in [2.45, 2.75) is 38.8 Å². The molecule has 2 saturated heterocycles. The molecule has 134 valence electrons. The van der Waals surface area contributed by atoms with Crippen molar-refractivity contribution in [3.8, 4) is 0 Å². The van der Waals surface area contributed by atoms with Gasteiger partial charge in [0.15, 0.2) is 0 Å². The zero-order valence-corrected chi connectivity index (χ0v) is 15.2. The molecule has 1 aromatic rings. The Labute approximate surface area is 147 Å². The van der Waals surface area contributed by atoms with Crippen LogP contribution in [0.5, 0.6) is 0 Å². The van der Waals surface area contributed by atoms with Gasteiger partial charge in [0.25, 0.3) is 0 Å². The number of rotatable bonds is 6. The third-order valence-electron chi connectivity index (χ3n) is 4.58. The van der Waals surface area contributed by atoms with Gasteiger partial charge in [0.2, 0.25) is 5.91 Å². The molecule has 1 aromatic heterocycles. The zero-order valence-electron chi connectivity index (χ0n) is 14.4. The molecule has 0 aromatic carbocycles. The number of hydrogen-bond acceptors (Lipinski definition) is 6. The maximum atomic E-state index is 12.2. The van der Waals surface area contributed by atoms with Crippen molar-refractivity contribution in [3.63, 3.8) is 0 Å². The van der Waals surface area contributed by atoms with Crippen LogP contribution in [-0.2, 0) is 20.8 Å². The van der Waals surface area contributed by atoms with Gasteiger partial charge in [0, 0.05) is 44.7 Å². The summed E-state index contributed by atoms with van der Waals surface area (Å²) in [6.07, 6.45) is 3.55. The lowest BCUT2D eigenvalue weighted by atomic mass is 10.1. The van der Waals surface area contributed by atoms with Crippen molar-refractivity contribution in [1.29, 1.82) is 0 Å². The fourth-order valence-electron chi connectivity index (χ4n) is 3.17. The Morgan fingerprint density at radius 1 is 1.38 bits per heavy atom. The second-order valence-corrected chi connectivity index (χ2v) is 7.58. The summed E-state index contributed by atoms with van der Waals surface area (Å²) in [5.41, 5.74) is 1.13. The van der Waals surface area contributed by atoms with Gasteiger partial charge < -0.3 is 14.4 Å². The van der Waals surface area contributed by atoms with Crippen LogP contribution in [0.2, 0.25) is 0 Å². The van der Waals surface area contributed by atoms with Crippen LogP contribution in [0.3, 0.4) is 0 Å². The molecule has 6 nitrogen and oxygen atoms in total. The topological polar surface area (TPSA) is 54.9 Å². The van der Waals surface area contributed by atoms with Crippen LogP contribution >= 0.6 is 11.3 Å². The van der Waals surface area contributed by atoms with Gasteiger partial charge in [-0.05, 0) is 26.2 Å². The molecule has 24 heavy (non-hydrogen) atoms. The summed E-state index contributed by atoms with van der Waals surface area (Å²) in [6, 6.07) is 0. The fourth-order valence-corrected chi connectivity index (χ4v) is 3.78. The van der Waals surface area contributed by atoms with Gasteiger partial charge in [0.1, 0.15) is 6.61 Å². The molecule has 0 N–H and O–H groups in total. The van der Waals surface area contributed by atoms with Crippen molar-refractivity contribution >= 4 is 17.2 Å². The molecule has 0 radical (unpaired) electrons. The van der Waals surface area contributed by atoms with Crippen molar-refractivity contribution in [1.82, 2.24) is 14.8 Å². The van der Waals surface area contributed by atoms with Crippen LogP contribution in [0.4, 0.5) is 0 Å². The first kappa shape index (κ1) is 17.8. The van der Waals surface area contributed by atoms with E-state index in [4.69, 9.17) is 9.47 Å². The molecule has 0 aliphatic carbocycles. The van der Waals surface area contributed by atoms with Gasteiger partial charge in [-0.3, -0.25) is 9.69 Å². The molecule has 0 unspecified atom stereocenters. The summed E-state index contributed by atoms with van der Waals surface area (Å²) in [5.74, 6) is 0.0926. The second kappa shape index (κ2) is 8.89. The average Bonchev–Trinajstić information content (AvgIpc) is 3.01. The Morgan fingerprint density at radius 2 is 2.21 bits per heavy atom. The third kappa shape index (κ3) is 5.24. The zero-order chi connectivity index (χ0) is 16.8. The molecule has 0 bridgehead atoms. The van der Waals surface area contributed by atoms with Crippen molar-refractivity contribution in [3.05, 3.63) is 16.1 Å². The van der Waals surface area contributed by atoms with E-state index in [-0.39, 0.29) is 18.6 Å². The number of aromatic nitrogens is 1. The molecule has 0 saturated carbocycles. The Bertz CT molecular complexity index is 523. The number of aryl methyl sites for hydroxylation is 1. The van der Waals surface area contributed by atoms with E-state index in [9.17, 15) is 4.79 Å². The van der Waals surface area contributed by atoms with Crippen molar-refractivity contribution in [2.24, 2.45) is 0 Å². The lowest BCUT2D eigenvalue weighted by Crippen LogP contribution is -2.49. The number of hydrogen-bond donors (Lipinski definition) is 0. The normalized spacial score (nSPS) is 22.7. The van der Waals surface area contributed by atoms with Crippen LogP contribution in [0, 0.1) is 6.92 Å². The standard InChI is InChI=1S/C17H27N3O3S/c1-14-18-15(13-24-14)10-19-5-7-20(8-6-19)17(21)12-22-11-16-4-2-3-9-23-16/h13,16H,2-12H2,1H3/t16-/m0/s1. The number of thiazole rings is 1. The third-order valence-corrected chi connectivity index (χ3v) is 5.40. The first-order valence-corrected chi connectivity index (χ1v) is 9.69. The van der Waals surface area contributed by atoms with Crippen LogP contribution in [-0.4, -0.2) is 72.8 Å². The number of carbonyl (C=O) groups excluding carboxylic acids is 1. The number of amides is 1. The lowest BCUT2D eigenvalue weighted by molar-refractivity contribution is -0.140. The Balaban J connectivity index is 1.32. The summed E-state index contributed by atoms with van der Waals surface area (Å²) in [5, 5.41) is 3.23. The molecular formula is C17H27N3O3S. The molecule has 2 fully saturated rings. The fraction of sp³-hybridized carbons (Fsp3) is 0.765. The monoisotopic (exact) mass is 353 g/mol. The molecule has 1 atom stereocenters. The van der Waals surface area contributed by atoms with Crippen LogP contribution in [0.15, 0.2) is 5.38 Å². The van der Waals surface area contributed by atoms with E-state index in [1.54, 1.807) is 11.3 Å². The van der Waals surface area contributed by atoms with Gasteiger partial charge >= 0.3 is 0 Å². The summed E-state index contributed by atoms with van der Waals surface area (Å²) >= 11 is 1.69. The van der Waals surface area contributed by atoms with Crippen LogP contribution in [0.25, 0.3) is 0 Å². The Morgan fingerprint density at radius 3 is 2.88 bits per heavy atom. The van der Waals surface area contributed by atoms with E-state index in [0.29, 0.717) is 6.61 Å². The molecule has 3 heterocycles. The number of piperazine rings is 1. The molecule has 2 aliphatic rings. The molecule has 0 spiro atoms. The second-order valence-electron chi connectivity index (χ2n) is 6.52. The summed E-state index contributed by atoms with van der Waals surface area (Å²) in [4.78, 5) is 21.0. The SMILES string of the molecule is Cc1nc(CN2CCN(C(=O)COC[C@@H]3CCCCO3)CC2)cs1. The summed E-state index contributed by atoms with van der Waals surface area (Å²) in [7, 11) is 0. The number of carbonyl (C=O) groups is 1. The molecular weight excluding hydrogens is 326 g/mol. The average molecular weight is 353 g/mol. The highest BCUT2D eigenvalue weighted by Crippen LogP contribution is 2.14. The smallest absolute Gasteiger partial charge is 0.248 e. The Hall–Kier alpha value is -1.02. The minimum atomic E-state index is 0.0926. The Kier molecular flexibility index (Phi) is 6.59. The number of ether oxygens (including phenoxy) is 2. The predicted octanol–water partition coefficient (Wildman–Crippen LogP) is 1.68. The van der Waals surface area contributed by atoms with E-state index in [2.05, 4.69) is 15.3 Å². The predicted molar refractivity (Wildman–Crippen MR) is 93.1 cm³/mol. The van der Waals surface area contributed by atoms with Gasteiger partial charge in [-0.15, -0.1) is 11.3 Å². The van der Waals surface area contributed by atoms with Crippen molar-refractivity contribution < 1.29 is 14.3 Å².